The molecule has 1 aliphatic heterocycles. The molecule has 1 aliphatic rings. The number of carbonyl (C=O) groups excluding carboxylic acids is 1. The number of aliphatic hydroxyl groups is 1. The second kappa shape index (κ2) is 9.03. The van der Waals surface area contributed by atoms with Gasteiger partial charge in [-0.1, -0.05) is 24.3 Å². The van der Waals surface area contributed by atoms with Crippen LogP contribution in [0, 0.1) is 0 Å². The molecule has 6 heteroatoms. The van der Waals surface area contributed by atoms with Gasteiger partial charge in [0, 0.05) is 49.8 Å². The maximum atomic E-state index is 12.6. The lowest BCUT2D eigenvalue weighted by Gasteiger charge is -2.29. The minimum atomic E-state index is -0.151. The van der Waals surface area contributed by atoms with Gasteiger partial charge < -0.3 is 15.0 Å². The normalized spacial score (nSPS) is 15.3. The Morgan fingerprint density at radius 3 is 2.59 bits per heavy atom. The molecule has 2 aromatic carbocycles. The molecule has 0 radical (unpaired) electrons. The van der Waals surface area contributed by atoms with Gasteiger partial charge in [-0.25, -0.2) is 4.98 Å². The first kappa shape index (κ1) is 19.4. The van der Waals surface area contributed by atoms with Crippen LogP contribution in [0.5, 0.6) is 0 Å². The number of piperidine rings is 1. The van der Waals surface area contributed by atoms with E-state index in [0.717, 1.165) is 43.7 Å². The van der Waals surface area contributed by atoms with Crippen LogP contribution in [0.1, 0.15) is 34.3 Å². The minimum absolute atomic E-state index is 0.116. The van der Waals surface area contributed by atoms with Crippen molar-refractivity contribution in [3.05, 3.63) is 83.9 Å². The van der Waals surface area contributed by atoms with E-state index in [1.165, 1.54) is 5.56 Å². The van der Waals surface area contributed by atoms with Crippen molar-refractivity contribution in [1.29, 1.82) is 0 Å². The molecular formula is C23H26N4O2. The molecule has 0 atom stereocenters. The number of hydrogen-bond donors (Lipinski definition) is 2. The molecule has 2 heterocycles. The fraction of sp³-hybridized carbons (Fsp3) is 0.304. The summed E-state index contributed by atoms with van der Waals surface area (Å²) in [6.45, 7) is 3.41. The van der Waals surface area contributed by atoms with Crippen LogP contribution >= 0.6 is 0 Å². The Morgan fingerprint density at radius 2 is 1.86 bits per heavy atom. The van der Waals surface area contributed by atoms with Crippen LogP contribution in [0.4, 0.5) is 5.69 Å². The van der Waals surface area contributed by atoms with Crippen LogP contribution in [-0.2, 0) is 13.1 Å². The van der Waals surface area contributed by atoms with Crippen molar-refractivity contribution >= 4 is 11.6 Å². The summed E-state index contributed by atoms with van der Waals surface area (Å²) in [5, 5.41) is 12.6. The summed E-state index contributed by atoms with van der Waals surface area (Å²) < 4.78 is 1.97. The summed E-state index contributed by atoms with van der Waals surface area (Å²) in [7, 11) is 0. The number of hydrogen-bond acceptors (Lipinski definition) is 4. The van der Waals surface area contributed by atoms with Crippen molar-refractivity contribution in [3.63, 3.8) is 0 Å². The summed E-state index contributed by atoms with van der Waals surface area (Å²) in [5.41, 5.74) is 3.69. The topological polar surface area (TPSA) is 70.4 Å². The Bertz CT molecular complexity index is 930. The van der Waals surface area contributed by atoms with Gasteiger partial charge in [-0.2, -0.15) is 0 Å². The Kier molecular flexibility index (Phi) is 6.03. The van der Waals surface area contributed by atoms with Gasteiger partial charge in [-0.05, 0) is 48.2 Å². The number of aliphatic hydroxyl groups excluding tert-OH is 1. The first-order valence-electron chi connectivity index (χ1n) is 10.0. The Hall–Kier alpha value is -2.96. The van der Waals surface area contributed by atoms with E-state index in [9.17, 15) is 9.90 Å². The minimum Gasteiger partial charge on any atom is -0.393 e. The fourth-order valence-corrected chi connectivity index (χ4v) is 3.63. The number of amides is 1. The Balaban J connectivity index is 1.34. The first-order chi connectivity index (χ1) is 14.2. The molecule has 1 aromatic heterocycles. The van der Waals surface area contributed by atoms with Crippen molar-refractivity contribution in [1.82, 2.24) is 14.5 Å². The molecule has 1 fully saturated rings. The van der Waals surface area contributed by atoms with E-state index >= 15 is 0 Å². The van der Waals surface area contributed by atoms with Gasteiger partial charge in [0.1, 0.15) is 0 Å². The molecule has 0 unspecified atom stereocenters. The zero-order valence-corrected chi connectivity index (χ0v) is 16.4. The molecule has 0 aliphatic carbocycles. The fourth-order valence-electron chi connectivity index (χ4n) is 3.63. The van der Waals surface area contributed by atoms with Crippen LogP contribution in [-0.4, -0.2) is 44.7 Å². The molecule has 1 saturated heterocycles. The summed E-state index contributed by atoms with van der Waals surface area (Å²) in [5.74, 6) is -0.116. The molecule has 150 valence electrons. The van der Waals surface area contributed by atoms with Crippen LogP contribution in [0.2, 0.25) is 0 Å². The highest BCUT2D eigenvalue weighted by atomic mass is 16.3. The highest BCUT2D eigenvalue weighted by Gasteiger charge is 2.16. The van der Waals surface area contributed by atoms with E-state index in [1.807, 2.05) is 47.2 Å². The number of nitrogens with zero attached hydrogens (tertiary/aromatic N) is 3. The first-order valence-corrected chi connectivity index (χ1v) is 10.0. The van der Waals surface area contributed by atoms with Gasteiger partial charge >= 0.3 is 0 Å². The number of carbonyl (C=O) groups is 1. The van der Waals surface area contributed by atoms with E-state index in [-0.39, 0.29) is 12.0 Å². The number of nitrogens with one attached hydrogen (secondary N) is 1. The largest absolute Gasteiger partial charge is 0.393 e. The van der Waals surface area contributed by atoms with E-state index in [2.05, 4.69) is 27.3 Å². The van der Waals surface area contributed by atoms with E-state index in [1.54, 1.807) is 12.5 Å². The Morgan fingerprint density at radius 1 is 1.07 bits per heavy atom. The van der Waals surface area contributed by atoms with Gasteiger partial charge in [0.25, 0.3) is 5.91 Å². The predicted molar refractivity (Wildman–Crippen MR) is 113 cm³/mol. The SMILES string of the molecule is O=C(Nc1ccc(CN2CCC(O)CC2)cc1)c1cccc(Cn2ccnc2)c1. The van der Waals surface area contributed by atoms with E-state index in [0.29, 0.717) is 12.1 Å². The number of rotatable bonds is 6. The van der Waals surface area contributed by atoms with Crippen molar-refractivity contribution in [2.45, 2.75) is 32.0 Å². The molecule has 3 aromatic rings. The molecule has 4 rings (SSSR count). The standard InChI is InChI=1S/C23H26N4O2/c28-22-8-11-26(12-9-22)15-18-4-6-21(7-5-18)25-23(29)20-3-1-2-19(14-20)16-27-13-10-24-17-27/h1-7,10,13-14,17,22,28H,8-9,11-12,15-16H2,(H,25,29). The lowest BCUT2D eigenvalue weighted by molar-refractivity contribution is 0.0792. The zero-order chi connectivity index (χ0) is 20.1. The highest BCUT2D eigenvalue weighted by molar-refractivity contribution is 6.04. The average molecular weight is 390 g/mol. The third kappa shape index (κ3) is 5.31. The van der Waals surface area contributed by atoms with Crippen LogP contribution in [0.25, 0.3) is 0 Å². The Labute approximate surface area is 170 Å². The van der Waals surface area contributed by atoms with Gasteiger partial charge in [0.05, 0.1) is 12.4 Å². The summed E-state index contributed by atoms with van der Waals surface area (Å²) in [6, 6.07) is 15.6. The van der Waals surface area contributed by atoms with Gasteiger partial charge in [0.2, 0.25) is 0 Å². The molecule has 0 spiro atoms. The van der Waals surface area contributed by atoms with Crippen molar-refractivity contribution in [2.24, 2.45) is 0 Å². The lowest BCUT2D eigenvalue weighted by Crippen LogP contribution is -2.35. The second-order valence-electron chi connectivity index (χ2n) is 7.59. The number of aromatic nitrogens is 2. The predicted octanol–water partition coefficient (Wildman–Crippen LogP) is 3.14. The van der Waals surface area contributed by atoms with Crippen molar-refractivity contribution < 1.29 is 9.90 Å². The molecule has 0 bridgehead atoms. The molecule has 2 N–H and O–H groups in total. The number of anilines is 1. The van der Waals surface area contributed by atoms with Crippen LogP contribution in [0.3, 0.4) is 0 Å². The number of imidazole rings is 1. The molecule has 6 nitrogen and oxygen atoms in total. The molecular weight excluding hydrogens is 364 g/mol. The smallest absolute Gasteiger partial charge is 0.255 e. The maximum absolute atomic E-state index is 12.6. The van der Waals surface area contributed by atoms with Gasteiger partial charge in [-0.3, -0.25) is 9.69 Å². The lowest BCUT2D eigenvalue weighted by atomic mass is 10.1. The molecule has 29 heavy (non-hydrogen) atoms. The molecule has 1 amide bonds. The summed E-state index contributed by atoms with van der Waals surface area (Å²) in [6.07, 6.45) is 6.94. The number of benzene rings is 2. The van der Waals surface area contributed by atoms with Crippen LogP contribution < -0.4 is 5.32 Å². The second-order valence-corrected chi connectivity index (χ2v) is 7.59. The zero-order valence-electron chi connectivity index (χ0n) is 16.4. The average Bonchev–Trinajstić information content (AvgIpc) is 3.24. The highest BCUT2D eigenvalue weighted by Crippen LogP contribution is 2.17. The number of likely N-dealkylation sites (tertiary alicyclic amines) is 1. The van der Waals surface area contributed by atoms with Crippen molar-refractivity contribution in [3.8, 4) is 0 Å². The quantitative estimate of drug-likeness (QED) is 0.678. The van der Waals surface area contributed by atoms with Crippen molar-refractivity contribution in [2.75, 3.05) is 18.4 Å². The van der Waals surface area contributed by atoms with Crippen LogP contribution in [0.15, 0.2) is 67.3 Å². The van der Waals surface area contributed by atoms with Gasteiger partial charge in [-0.15, -0.1) is 0 Å². The van der Waals surface area contributed by atoms with Gasteiger partial charge in [0.15, 0.2) is 0 Å². The monoisotopic (exact) mass is 390 g/mol. The summed E-state index contributed by atoms with van der Waals surface area (Å²) >= 11 is 0. The summed E-state index contributed by atoms with van der Waals surface area (Å²) in [4.78, 5) is 19.0. The molecule has 0 saturated carbocycles. The third-order valence-electron chi connectivity index (χ3n) is 5.29. The third-order valence-corrected chi connectivity index (χ3v) is 5.29. The van der Waals surface area contributed by atoms with E-state index in [4.69, 9.17) is 0 Å². The maximum Gasteiger partial charge on any atom is 0.255 e. The van der Waals surface area contributed by atoms with E-state index < -0.39 is 0 Å².